The molecule has 0 atom stereocenters. The molecule has 0 bridgehead atoms. The van der Waals surface area contributed by atoms with Crippen molar-refractivity contribution in [2.75, 3.05) is 7.11 Å². The van der Waals surface area contributed by atoms with E-state index in [1.807, 2.05) is 6.20 Å². The van der Waals surface area contributed by atoms with Crippen LogP contribution in [0.2, 0.25) is 0 Å². The Bertz CT molecular complexity index is 520. The highest BCUT2D eigenvalue weighted by atomic mass is 16.5. The third kappa shape index (κ3) is 1.56. The summed E-state index contributed by atoms with van der Waals surface area (Å²) in [6, 6.07) is 2.07. The van der Waals surface area contributed by atoms with Gasteiger partial charge in [0, 0.05) is 10.9 Å². The van der Waals surface area contributed by atoms with Crippen molar-refractivity contribution in [1.29, 1.82) is 0 Å². The summed E-state index contributed by atoms with van der Waals surface area (Å²) in [6.45, 7) is 8.63. The third-order valence-corrected chi connectivity index (χ3v) is 2.87. The molecule has 86 valence electrons. The van der Waals surface area contributed by atoms with Crippen molar-refractivity contribution in [3.63, 3.8) is 0 Å². The first-order chi connectivity index (χ1) is 7.45. The predicted octanol–water partition coefficient (Wildman–Crippen LogP) is 3.18. The van der Waals surface area contributed by atoms with Gasteiger partial charge in [-0.1, -0.05) is 20.8 Å². The number of aromatic nitrogens is 2. The van der Waals surface area contributed by atoms with Gasteiger partial charge in [-0.3, -0.25) is 5.10 Å². The first-order valence-corrected chi connectivity index (χ1v) is 5.46. The fraction of sp³-hybridized carbons (Fsp3) is 0.462. The van der Waals surface area contributed by atoms with E-state index in [-0.39, 0.29) is 5.41 Å². The molecule has 0 spiro atoms. The van der Waals surface area contributed by atoms with Crippen molar-refractivity contribution in [3.05, 3.63) is 23.4 Å². The Morgan fingerprint density at radius 2 is 2.00 bits per heavy atom. The minimum Gasteiger partial charge on any atom is -0.496 e. The molecule has 0 aliphatic carbocycles. The highest BCUT2D eigenvalue weighted by Gasteiger charge is 2.23. The number of ether oxygens (including phenoxy) is 1. The highest BCUT2D eigenvalue weighted by molar-refractivity contribution is 5.88. The van der Waals surface area contributed by atoms with Gasteiger partial charge in [0.1, 0.15) is 5.75 Å². The molecule has 0 aliphatic rings. The van der Waals surface area contributed by atoms with E-state index in [9.17, 15) is 0 Å². The van der Waals surface area contributed by atoms with Crippen LogP contribution in [0.15, 0.2) is 12.3 Å². The largest absolute Gasteiger partial charge is 0.496 e. The fourth-order valence-corrected chi connectivity index (χ4v) is 2.18. The Morgan fingerprint density at radius 3 is 2.56 bits per heavy atom. The number of nitrogens with one attached hydrogen (secondary N) is 1. The number of benzene rings is 1. The molecule has 2 rings (SSSR count). The third-order valence-electron chi connectivity index (χ3n) is 2.87. The number of fused-ring (bicyclic) bond motifs is 1. The van der Waals surface area contributed by atoms with Gasteiger partial charge in [-0.05, 0) is 24.0 Å². The Kier molecular flexibility index (Phi) is 2.41. The Labute approximate surface area is 95.8 Å². The van der Waals surface area contributed by atoms with E-state index in [0.29, 0.717) is 0 Å². The lowest BCUT2D eigenvalue weighted by Crippen LogP contribution is -2.13. The van der Waals surface area contributed by atoms with Crippen molar-refractivity contribution >= 4 is 10.9 Å². The normalized spacial score (nSPS) is 12.1. The van der Waals surface area contributed by atoms with Gasteiger partial charge in [-0.15, -0.1) is 0 Å². The standard InChI is InChI=1S/C13H18N2O/c1-8-6-10(16-5)11(13(2,3)4)9-7-14-15-12(8)9/h6-7H,1-5H3,(H,14,15). The van der Waals surface area contributed by atoms with Crippen LogP contribution in [0.1, 0.15) is 31.9 Å². The van der Waals surface area contributed by atoms with Crippen molar-refractivity contribution in [1.82, 2.24) is 10.2 Å². The number of aryl methyl sites for hydroxylation is 1. The molecule has 1 N–H and O–H groups in total. The van der Waals surface area contributed by atoms with E-state index in [0.717, 1.165) is 22.2 Å². The summed E-state index contributed by atoms with van der Waals surface area (Å²) in [4.78, 5) is 0. The van der Waals surface area contributed by atoms with Gasteiger partial charge in [0.15, 0.2) is 0 Å². The quantitative estimate of drug-likeness (QED) is 0.798. The van der Waals surface area contributed by atoms with Gasteiger partial charge in [0.05, 0.1) is 18.8 Å². The first kappa shape index (κ1) is 11.0. The summed E-state index contributed by atoms with van der Waals surface area (Å²) >= 11 is 0. The van der Waals surface area contributed by atoms with E-state index in [1.165, 1.54) is 5.56 Å². The van der Waals surface area contributed by atoms with Crippen LogP contribution in [0.25, 0.3) is 10.9 Å². The minimum atomic E-state index is 0.0428. The highest BCUT2D eigenvalue weighted by Crippen LogP contribution is 2.38. The van der Waals surface area contributed by atoms with Gasteiger partial charge >= 0.3 is 0 Å². The number of hydrogen-bond acceptors (Lipinski definition) is 2. The van der Waals surface area contributed by atoms with Gasteiger partial charge in [-0.2, -0.15) is 5.10 Å². The van der Waals surface area contributed by atoms with E-state index in [2.05, 4.69) is 44.0 Å². The molecule has 0 radical (unpaired) electrons. The van der Waals surface area contributed by atoms with Gasteiger partial charge in [-0.25, -0.2) is 0 Å². The lowest BCUT2D eigenvalue weighted by molar-refractivity contribution is 0.399. The molecule has 3 nitrogen and oxygen atoms in total. The lowest BCUT2D eigenvalue weighted by atomic mass is 9.83. The first-order valence-electron chi connectivity index (χ1n) is 5.46. The molecular weight excluding hydrogens is 200 g/mol. The van der Waals surface area contributed by atoms with Gasteiger partial charge in [0.2, 0.25) is 0 Å². The van der Waals surface area contributed by atoms with Crippen LogP contribution in [-0.2, 0) is 5.41 Å². The molecule has 1 aromatic carbocycles. The van der Waals surface area contributed by atoms with Crippen LogP contribution < -0.4 is 4.74 Å². The number of H-pyrrole nitrogens is 1. The van der Waals surface area contributed by atoms with Crippen LogP contribution in [0.4, 0.5) is 0 Å². The number of aromatic amines is 1. The Morgan fingerprint density at radius 1 is 1.31 bits per heavy atom. The maximum Gasteiger partial charge on any atom is 0.123 e. The second kappa shape index (κ2) is 3.51. The Hall–Kier alpha value is -1.51. The lowest BCUT2D eigenvalue weighted by Gasteiger charge is -2.23. The van der Waals surface area contributed by atoms with Crippen molar-refractivity contribution in [2.24, 2.45) is 0 Å². The number of nitrogens with zero attached hydrogens (tertiary/aromatic N) is 1. The second-order valence-corrected chi connectivity index (χ2v) is 5.18. The second-order valence-electron chi connectivity index (χ2n) is 5.18. The zero-order valence-corrected chi connectivity index (χ0v) is 10.5. The smallest absolute Gasteiger partial charge is 0.123 e. The summed E-state index contributed by atoms with van der Waals surface area (Å²) in [5.41, 5.74) is 3.52. The van der Waals surface area contributed by atoms with E-state index in [1.54, 1.807) is 7.11 Å². The fourth-order valence-electron chi connectivity index (χ4n) is 2.18. The molecule has 2 aromatic rings. The molecule has 1 heterocycles. The van der Waals surface area contributed by atoms with Crippen LogP contribution in [0.5, 0.6) is 5.75 Å². The topological polar surface area (TPSA) is 37.9 Å². The molecule has 16 heavy (non-hydrogen) atoms. The summed E-state index contributed by atoms with van der Waals surface area (Å²) in [5.74, 6) is 0.943. The zero-order chi connectivity index (χ0) is 11.9. The monoisotopic (exact) mass is 218 g/mol. The molecule has 0 fully saturated rings. The summed E-state index contributed by atoms with van der Waals surface area (Å²) < 4.78 is 5.49. The summed E-state index contributed by atoms with van der Waals surface area (Å²) in [7, 11) is 1.72. The van der Waals surface area contributed by atoms with E-state index in [4.69, 9.17) is 4.74 Å². The zero-order valence-electron chi connectivity index (χ0n) is 10.5. The number of rotatable bonds is 1. The van der Waals surface area contributed by atoms with Crippen LogP contribution in [0.3, 0.4) is 0 Å². The van der Waals surface area contributed by atoms with Crippen molar-refractivity contribution in [3.8, 4) is 5.75 Å². The van der Waals surface area contributed by atoms with Crippen molar-refractivity contribution < 1.29 is 4.74 Å². The minimum absolute atomic E-state index is 0.0428. The van der Waals surface area contributed by atoms with Crippen LogP contribution >= 0.6 is 0 Å². The number of methoxy groups -OCH3 is 1. The molecule has 1 aromatic heterocycles. The van der Waals surface area contributed by atoms with Crippen molar-refractivity contribution in [2.45, 2.75) is 33.1 Å². The average Bonchev–Trinajstić information content (AvgIpc) is 2.63. The average molecular weight is 218 g/mol. The van der Waals surface area contributed by atoms with Gasteiger partial charge < -0.3 is 4.74 Å². The number of hydrogen-bond donors (Lipinski definition) is 1. The van der Waals surface area contributed by atoms with E-state index < -0.39 is 0 Å². The molecular formula is C13H18N2O. The molecule has 0 unspecified atom stereocenters. The summed E-state index contributed by atoms with van der Waals surface area (Å²) in [6.07, 6.45) is 1.88. The maximum atomic E-state index is 5.49. The molecule has 0 amide bonds. The maximum absolute atomic E-state index is 5.49. The Balaban J connectivity index is 2.87. The van der Waals surface area contributed by atoms with Gasteiger partial charge in [0.25, 0.3) is 0 Å². The van der Waals surface area contributed by atoms with Crippen LogP contribution in [0, 0.1) is 6.92 Å². The SMILES string of the molecule is COc1cc(C)c2[nH]ncc2c1C(C)(C)C. The molecule has 3 heteroatoms. The van der Waals surface area contributed by atoms with E-state index >= 15 is 0 Å². The molecule has 0 saturated carbocycles. The molecule has 0 aliphatic heterocycles. The van der Waals surface area contributed by atoms with Crippen LogP contribution in [-0.4, -0.2) is 17.3 Å². The summed E-state index contributed by atoms with van der Waals surface area (Å²) in [5, 5.41) is 8.33. The predicted molar refractivity (Wildman–Crippen MR) is 66.1 cm³/mol. The molecule has 0 saturated heterocycles.